The predicted octanol–water partition coefficient (Wildman–Crippen LogP) is 10.1. The van der Waals surface area contributed by atoms with Gasteiger partial charge in [-0.3, -0.25) is 0 Å². The third kappa shape index (κ3) is 3.95. The topological polar surface area (TPSA) is 0 Å². The first kappa shape index (κ1) is 27.4. The molecule has 4 aromatic rings. The predicted molar refractivity (Wildman–Crippen MR) is 187 cm³/mol. The summed E-state index contributed by atoms with van der Waals surface area (Å²) in [6.07, 6.45) is 0. The van der Waals surface area contributed by atoms with E-state index in [1.54, 1.807) is 0 Å². The second-order valence-electron chi connectivity index (χ2n) is 13.8. The molecule has 0 saturated heterocycles. The highest BCUT2D eigenvalue weighted by Crippen LogP contribution is 2.66. The molecule has 0 aliphatic carbocycles. The van der Waals surface area contributed by atoms with Gasteiger partial charge in [-0.2, -0.15) is 0 Å². The second-order valence-corrected chi connectivity index (χ2v) is 43.5. The third-order valence-electron chi connectivity index (χ3n) is 9.89. The fourth-order valence-electron chi connectivity index (χ4n) is 8.21. The van der Waals surface area contributed by atoms with Gasteiger partial charge in [0, 0.05) is 15.2 Å². The highest BCUT2D eigenvalue weighted by Gasteiger charge is 2.68. The van der Waals surface area contributed by atoms with E-state index in [-0.39, 0.29) is 0 Å². The molecule has 202 valence electrons. The summed E-state index contributed by atoms with van der Waals surface area (Å²) in [4.78, 5) is 0. The van der Waals surface area contributed by atoms with Crippen molar-refractivity contribution in [3.63, 3.8) is 0 Å². The van der Waals surface area contributed by atoms with E-state index in [4.69, 9.17) is 0 Å². The SMILES string of the molecule is C[Si](C)(C)[Si]12CC[Si]([Si](C)(C)C)(C(c3ccccc3)=C1c1ccccc1)C(c1ccccc1)=C2c1ccccc1. The first-order valence-corrected chi connectivity index (χ1v) is 28.3. The number of hydrogen-bond donors (Lipinski definition) is 0. The summed E-state index contributed by atoms with van der Waals surface area (Å²) >= 11 is 0. The Kier molecular flexibility index (Phi) is 6.81. The summed E-state index contributed by atoms with van der Waals surface area (Å²) in [7, 11) is -7.87. The minimum Gasteiger partial charge on any atom is -0.0709 e. The van der Waals surface area contributed by atoms with Gasteiger partial charge >= 0.3 is 0 Å². The molecule has 0 fully saturated rings. The normalized spacial score (nSPS) is 23.1. The van der Waals surface area contributed by atoms with Gasteiger partial charge in [-0.05, 0) is 43.0 Å². The Morgan fingerprint density at radius 3 is 0.725 bits per heavy atom. The molecule has 3 aliphatic heterocycles. The van der Waals surface area contributed by atoms with Crippen LogP contribution in [-0.2, 0) is 0 Å². The molecule has 0 amide bonds. The van der Waals surface area contributed by atoms with Gasteiger partial charge in [-0.1, -0.05) is 173 Å². The van der Waals surface area contributed by atoms with Crippen molar-refractivity contribution in [2.75, 3.05) is 0 Å². The molecule has 0 saturated carbocycles. The summed E-state index contributed by atoms with van der Waals surface area (Å²) in [6.45, 7) is 16.2. The molecular weight excluding hydrogens is 545 g/mol. The molecule has 0 nitrogen and oxygen atoms in total. The molecular formula is C36H42Si4. The zero-order valence-corrected chi connectivity index (χ0v) is 29.0. The fraction of sp³-hybridized carbons (Fsp3) is 0.222. The Balaban J connectivity index is 1.92. The lowest BCUT2D eigenvalue weighted by molar-refractivity contribution is 1.32. The molecule has 0 atom stereocenters. The first-order valence-electron chi connectivity index (χ1n) is 14.8. The van der Waals surface area contributed by atoms with Gasteiger partial charge in [0.15, 0.2) is 0 Å². The molecule has 40 heavy (non-hydrogen) atoms. The molecule has 0 unspecified atom stereocenters. The van der Waals surface area contributed by atoms with Crippen LogP contribution in [0.3, 0.4) is 0 Å². The van der Waals surface area contributed by atoms with Crippen molar-refractivity contribution in [3.8, 4) is 0 Å². The van der Waals surface area contributed by atoms with Gasteiger partial charge in [-0.25, -0.2) is 0 Å². The molecule has 0 radical (unpaired) electrons. The van der Waals surface area contributed by atoms with E-state index in [1.165, 1.54) is 34.3 Å². The Labute approximate surface area is 245 Å². The minimum atomic E-state index is -2.20. The van der Waals surface area contributed by atoms with Crippen molar-refractivity contribution in [1.82, 2.24) is 0 Å². The van der Waals surface area contributed by atoms with Gasteiger partial charge in [0.05, 0.1) is 0 Å². The Morgan fingerprint density at radius 1 is 0.350 bits per heavy atom. The van der Waals surface area contributed by atoms with Gasteiger partial charge in [0.1, 0.15) is 15.2 Å². The second kappa shape index (κ2) is 9.95. The molecule has 3 aliphatic rings. The van der Waals surface area contributed by atoms with E-state index in [0.717, 1.165) is 0 Å². The van der Waals surface area contributed by atoms with Crippen molar-refractivity contribution in [2.24, 2.45) is 0 Å². The van der Waals surface area contributed by atoms with Crippen LogP contribution in [-0.4, -0.2) is 30.4 Å². The summed E-state index contributed by atoms with van der Waals surface area (Å²) < 4.78 is 0. The van der Waals surface area contributed by atoms with Crippen LogP contribution in [0.25, 0.3) is 20.8 Å². The van der Waals surface area contributed by atoms with Gasteiger partial charge in [0.2, 0.25) is 0 Å². The van der Waals surface area contributed by atoms with Crippen LogP contribution in [0.1, 0.15) is 22.3 Å². The fourth-order valence-corrected chi connectivity index (χ4v) is 45.2. The monoisotopic (exact) mass is 586 g/mol. The summed E-state index contributed by atoms with van der Waals surface area (Å²) in [5, 5.41) is 7.27. The molecule has 4 aromatic carbocycles. The molecule has 0 spiro atoms. The van der Waals surface area contributed by atoms with Crippen LogP contribution in [0.4, 0.5) is 0 Å². The van der Waals surface area contributed by atoms with Crippen LogP contribution in [0, 0.1) is 0 Å². The summed E-state index contributed by atoms with van der Waals surface area (Å²) in [6, 6.07) is 49.5. The number of hydrogen-bond acceptors (Lipinski definition) is 0. The van der Waals surface area contributed by atoms with E-state index >= 15 is 0 Å². The summed E-state index contributed by atoms with van der Waals surface area (Å²) in [5.74, 6) is 0. The zero-order chi connectivity index (χ0) is 28.2. The Morgan fingerprint density at radius 2 is 0.550 bits per heavy atom. The van der Waals surface area contributed by atoms with Crippen molar-refractivity contribution >= 4 is 51.2 Å². The highest BCUT2D eigenvalue weighted by molar-refractivity contribution is 7.65. The maximum Gasteiger partial charge on any atom is 0.111 e. The lowest BCUT2D eigenvalue weighted by Crippen LogP contribution is -2.72. The number of fused-ring (bicyclic) bond motifs is 1. The van der Waals surface area contributed by atoms with Crippen LogP contribution >= 0.6 is 0 Å². The third-order valence-corrected chi connectivity index (χ3v) is 43.4. The van der Waals surface area contributed by atoms with Crippen LogP contribution in [0.15, 0.2) is 121 Å². The van der Waals surface area contributed by atoms with Crippen molar-refractivity contribution in [2.45, 2.75) is 51.4 Å². The molecule has 7 rings (SSSR count). The molecule has 2 bridgehead atoms. The molecule has 3 heterocycles. The van der Waals surface area contributed by atoms with E-state index in [2.05, 4.69) is 161 Å². The Hall–Kier alpha value is -2.77. The summed E-state index contributed by atoms with van der Waals surface area (Å²) in [5.41, 5.74) is 6.02. The maximum absolute atomic E-state index is 2.70. The highest BCUT2D eigenvalue weighted by atomic mass is 29.3. The van der Waals surface area contributed by atoms with Crippen molar-refractivity contribution in [1.29, 1.82) is 0 Å². The maximum atomic E-state index is 2.70. The average Bonchev–Trinajstić information content (AvgIpc) is 2.97. The van der Waals surface area contributed by atoms with Crippen molar-refractivity contribution in [3.05, 3.63) is 144 Å². The smallest absolute Gasteiger partial charge is 0.0709 e. The van der Waals surface area contributed by atoms with Gasteiger partial charge in [0.25, 0.3) is 0 Å². The Bertz CT molecular complexity index is 1350. The quantitative estimate of drug-likeness (QED) is 0.197. The first-order chi connectivity index (χ1) is 19.1. The van der Waals surface area contributed by atoms with E-state index < -0.39 is 30.4 Å². The standard InChI is InChI=1S/C36H42Si4/c1-37(2,3)39-27-28-40(38(4,5)6,35(31-23-15-9-16-24-31)33(39)29-19-11-7-12-20-29)36(32-25-17-10-18-26-32)34(39)30-21-13-8-14-22-30/h7-26H,27-28H2,1-6H3. The lowest BCUT2D eigenvalue weighted by atomic mass is 10.1. The van der Waals surface area contributed by atoms with Gasteiger partial charge in [-0.15, -0.1) is 0 Å². The molecule has 4 heteroatoms. The van der Waals surface area contributed by atoms with Crippen LogP contribution in [0.2, 0.25) is 51.4 Å². The molecule has 0 aromatic heterocycles. The van der Waals surface area contributed by atoms with E-state index in [0.29, 0.717) is 0 Å². The van der Waals surface area contributed by atoms with Crippen LogP contribution in [0.5, 0.6) is 0 Å². The zero-order valence-electron chi connectivity index (χ0n) is 25.0. The number of rotatable bonds is 6. The van der Waals surface area contributed by atoms with Crippen molar-refractivity contribution < 1.29 is 0 Å². The molecule has 0 N–H and O–H groups in total. The van der Waals surface area contributed by atoms with Crippen LogP contribution < -0.4 is 0 Å². The van der Waals surface area contributed by atoms with E-state index in [1.807, 2.05) is 20.8 Å². The minimum absolute atomic E-state index is 1.42. The lowest BCUT2D eigenvalue weighted by Gasteiger charge is -2.63. The van der Waals surface area contributed by atoms with Gasteiger partial charge < -0.3 is 0 Å². The number of benzene rings is 4. The van der Waals surface area contributed by atoms with E-state index in [9.17, 15) is 0 Å². The average molecular weight is 587 g/mol. The largest absolute Gasteiger partial charge is 0.111 e.